The highest BCUT2D eigenvalue weighted by Gasteiger charge is 2.72. The lowest BCUT2D eigenvalue weighted by Crippen LogP contribution is -2.69. The van der Waals surface area contributed by atoms with Crippen LogP contribution in [0, 0.1) is 22.7 Å². The third-order valence-electron chi connectivity index (χ3n) is 9.66. The second kappa shape index (κ2) is 9.99. The molecule has 43 heavy (non-hydrogen) atoms. The highest BCUT2D eigenvalue weighted by Crippen LogP contribution is 2.65. The van der Waals surface area contributed by atoms with Crippen LogP contribution in [0.3, 0.4) is 0 Å². The Morgan fingerprint density at radius 3 is 2.35 bits per heavy atom. The number of benzene rings is 2. The molecule has 0 amide bonds. The van der Waals surface area contributed by atoms with Crippen molar-refractivity contribution in [3.05, 3.63) is 70.0 Å². The van der Waals surface area contributed by atoms with Gasteiger partial charge in [0.1, 0.15) is 29.4 Å². The number of aliphatic hydroxyl groups is 3. The quantitative estimate of drug-likeness (QED) is 0.278. The minimum absolute atomic E-state index is 0.00158. The molecule has 1 unspecified atom stereocenters. The topological polar surface area (TPSA) is 158 Å². The summed E-state index contributed by atoms with van der Waals surface area (Å²) in [5, 5.41) is 46.1. The number of aliphatic hydroxyl groups excluding tert-OH is 2. The summed E-state index contributed by atoms with van der Waals surface area (Å²) < 4.78 is 4.99. The lowest BCUT2D eigenvalue weighted by molar-refractivity contribution is -0.178. The number of carbonyl (C=O) groups is 4. The van der Waals surface area contributed by atoms with Crippen LogP contribution in [0.4, 0.5) is 0 Å². The molecule has 3 aliphatic carbocycles. The first kappa shape index (κ1) is 30.4. The van der Waals surface area contributed by atoms with E-state index in [1.54, 1.807) is 58.0 Å². The molecule has 9 nitrogen and oxygen atoms in total. The lowest BCUT2D eigenvalue weighted by atomic mass is 9.43. The maximum absolute atomic E-state index is 14.4. The first-order valence-electron chi connectivity index (χ1n) is 14.2. The molecule has 3 aliphatic rings. The fraction of sp³-hybridized carbons (Fsp3) is 0.412. The van der Waals surface area contributed by atoms with Crippen LogP contribution in [0.15, 0.2) is 53.3 Å². The highest BCUT2D eigenvalue weighted by molar-refractivity contribution is 6.24. The largest absolute Gasteiger partial charge is 0.508 e. The van der Waals surface area contributed by atoms with Gasteiger partial charge in [-0.1, -0.05) is 52.0 Å². The van der Waals surface area contributed by atoms with Crippen molar-refractivity contribution in [2.45, 2.75) is 53.1 Å². The number of methoxy groups -OCH3 is 1. The molecule has 1 fully saturated rings. The smallest absolute Gasteiger partial charge is 0.203 e. The van der Waals surface area contributed by atoms with Gasteiger partial charge in [0.15, 0.2) is 23.0 Å². The van der Waals surface area contributed by atoms with E-state index in [-0.39, 0.29) is 42.1 Å². The SMILES string of the molecule is COCC(=O)c1cccc(-c2ccc(O)c3c2C[C@]2(C)C[C@]4(C)C(C(C)C)C(=O)C(C(C)=O)=C(O)[C@]4(O)C(=O)C2=C3O)c1. The van der Waals surface area contributed by atoms with Crippen LogP contribution >= 0.6 is 0 Å². The first-order valence-corrected chi connectivity index (χ1v) is 14.2. The van der Waals surface area contributed by atoms with Crippen LogP contribution in [-0.4, -0.2) is 62.9 Å². The average molecular weight is 589 g/mol. The molecule has 9 heteroatoms. The van der Waals surface area contributed by atoms with Gasteiger partial charge in [-0.15, -0.1) is 0 Å². The van der Waals surface area contributed by atoms with Crippen LogP contribution in [0.1, 0.15) is 62.5 Å². The number of carbonyl (C=O) groups excluding carboxylic acids is 4. The van der Waals surface area contributed by atoms with E-state index < -0.39 is 62.7 Å². The number of ether oxygens (including phenoxy) is 1. The zero-order valence-electron chi connectivity index (χ0n) is 25.1. The Hall–Kier alpha value is -4.08. The number of Topliss-reactive ketones (excluding diaryl/α,β-unsaturated/α-hetero) is 4. The van der Waals surface area contributed by atoms with Crippen molar-refractivity contribution in [3.8, 4) is 16.9 Å². The number of hydrogen-bond acceptors (Lipinski definition) is 9. The number of ketones is 4. The molecule has 0 aliphatic heterocycles. The zero-order chi connectivity index (χ0) is 31.8. The van der Waals surface area contributed by atoms with Crippen molar-refractivity contribution in [1.82, 2.24) is 0 Å². The number of phenolic OH excluding ortho intramolecular Hbond substituents is 1. The van der Waals surface area contributed by atoms with Gasteiger partial charge in [-0.2, -0.15) is 0 Å². The van der Waals surface area contributed by atoms with Crippen LogP contribution in [-0.2, 0) is 25.5 Å². The van der Waals surface area contributed by atoms with E-state index in [0.29, 0.717) is 22.3 Å². The molecule has 4 atom stereocenters. The van der Waals surface area contributed by atoms with Crippen molar-refractivity contribution in [2.24, 2.45) is 22.7 Å². The second-order valence-corrected chi connectivity index (χ2v) is 12.9. The van der Waals surface area contributed by atoms with Gasteiger partial charge < -0.3 is 25.2 Å². The second-order valence-electron chi connectivity index (χ2n) is 12.9. The molecule has 0 spiro atoms. The summed E-state index contributed by atoms with van der Waals surface area (Å²) in [6.45, 7) is 7.83. The Kier molecular flexibility index (Phi) is 7.06. The fourth-order valence-corrected chi connectivity index (χ4v) is 8.06. The molecule has 2 aromatic rings. The molecule has 0 heterocycles. The molecule has 2 aromatic carbocycles. The number of hydrogen-bond donors (Lipinski definition) is 4. The third-order valence-corrected chi connectivity index (χ3v) is 9.66. The van der Waals surface area contributed by atoms with Gasteiger partial charge in [-0.25, -0.2) is 0 Å². The Morgan fingerprint density at radius 1 is 1.07 bits per heavy atom. The summed E-state index contributed by atoms with van der Waals surface area (Å²) in [5.41, 5.74) is -3.97. The summed E-state index contributed by atoms with van der Waals surface area (Å²) in [5.74, 6) is -5.90. The molecule has 0 saturated heterocycles. The normalized spacial score (nSPS) is 28.5. The summed E-state index contributed by atoms with van der Waals surface area (Å²) in [4.78, 5) is 53.2. The van der Waals surface area contributed by atoms with Gasteiger partial charge in [-0.3, -0.25) is 19.2 Å². The molecule has 0 bridgehead atoms. The molecule has 0 aromatic heterocycles. The van der Waals surface area contributed by atoms with Gasteiger partial charge in [-0.05, 0) is 54.5 Å². The predicted molar refractivity (Wildman–Crippen MR) is 157 cm³/mol. The van der Waals surface area contributed by atoms with Gasteiger partial charge >= 0.3 is 0 Å². The van der Waals surface area contributed by atoms with E-state index in [1.165, 1.54) is 13.2 Å². The maximum atomic E-state index is 14.4. The monoisotopic (exact) mass is 588 g/mol. The number of fused-ring (bicyclic) bond motifs is 3. The maximum Gasteiger partial charge on any atom is 0.203 e. The van der Waals surface area contributed by atoms with Gasteiger partial charge in [0.05, 0.1) is 5.56 Å². The summed E-state index contributed by atoms with van der Waals surface area (Å²) >= 11 is 0. The highest BCUT2D eigenvalue weighted by atomic mass is 16.5. The Bertz CT molecular complexity index is 1680. The van der Waals surface area contributed by atoms with Crippen LogP contribution in [0.5, 0.6) is 5.75 Å². The molecular formula is C34H36O9. The van der Waals surface area contributed by atoms with E-state index in [1.807, 2.05) is 0 Å². The van der Waals surface area contributed by atoms with Crippen molar-refractivity contribution in [3.63, 3.8) is 0 Å². The Labute approximate surface area is 249 Å². The molecule has 4 N–H and O–H groups in total. The van der Waals surface area contributed by atoms with Crippen LogP contribution < -0.4 is 0 Å². The third kappa shape index (κ3) is 4.05. The fourth-order valence-electron chi connectivity index (χ4n) is 8.06. The van der Waals surface area contributed by atoms with Crippen LogP contribution in [0.2, 0.25) is 0 Å². The molecular weight excluding hydrogens is 552 g/mol. The van der Waals surface area contributed by atoms with Gasteiger partial charge in [0.2, 0.25) is 5.78 Å². The summed E-state index contributed by atoms with van der Waals surface area (Å²) in [6, 6.07) is 9.92. The predicted octanol–water partition coefficient (Wildman–Crippen LogP) is 4.69. The average Bonchev–Trinajstić information content (AvgIpc) is 2.90. The van der Waals surface area contributed by atoms with Gasteiger partial charge in [0.25, 0.3) is 0 Å². The molecule has 1 saturated carbocycles. The van der Waals surface area contributed by atoms with Crippen molar-refractivity contribution in [2.75, 3.05) is 13.7 Å². The minimum atomic E-state index is -2.67. The number of aromatic hydroxyl groups is 1. The van der Waals surface area contributed by atoms with E-state index in [0.717, 1.165) is 6.92 Å². The lowest BCUT2D eigenvalue weighted by Gasteiger charge is -2.59. The molecule has 5 rings (SSSR count). The van der Waals surface area contributed by atoms with E-state index in [4.69, 9.17) is 4.74 Å². The van der Waals surface area contributed by atoms with Crippen molar-refractivity contribution >= 4 is 28.9 Å². The Morgan fingerprint density at radius 2 is 1.74 bits per heavy atom. The van der Waals surface area contributed by atoms with Crippen molar-refractivity contribution in [1.29, 1.82) is 0 Å². The zero-order valence-corrected chi connectivity index (χ0v) is 25.1. The summed E-state index contributed by atoms with van der Waals surface area (Å²) in [7, 11) is 1.43. The number of rotatable bonds is 6. The summed E-state index contributed by atoms with van der Waals surface area (Å²) in [6.07, 6.45) is 0.120. The van der Waals surface area contributed by atoms with Gasteiger partial charge in [0, 0.05) is 35.0 Å². The first-order chi connectivity index (χ1) is 20.0. The van der Waals surface area contributed by atoms with E-state index in [9.17, 15) is 39.6 Å². The Balaban J connectivity index is 1.78. The standard InChI is InChI=1S/C34H36O9/c1-16(2)26-28(38)24(17(3)35)30(40)34(42)31(41)27-29(39)25-21(13-32(27,4)15-33(26,34)5)20(10-11-22(25)36)18-8-7-9-19(12-18)23(37)14-43-6/h7-12,16,26,36,39-40,42H,13-15H2,1-6H3/t26?,32-,33-,34+/m1/s1. The molecule has 0 radical (unpaired) electrons. The number of phenols is 1. The van der Waals surface area contributed by atoms with E-state index >= 15 is 0 Å². The van der Waals surface area contributed by atoms with E-state index in [2.05, 4.69) is 0 Å². The minimum Gasteiger partial charge on any atom is -0.508 e. The van der Waals surface area contributed by atoms with Crippen molar-refractivity contribution < 1.29 is 44.3 Å². The molecule has 226 valence electrons. The number of allylic oxidation sites excluding steroid dienone is 1. The van der Waals surface area contributed by atoms with Crippen LogP contribution in [0.25, 0.3) is 16.9 Å².